The van der Waals surface area contributed by atoms with Crippen molar-refractivity contribution < 1.29 is 14.3 Å². The molecule has 0 aliphatic rings. The summed E-state index contributed by atoms with van der Waals surface area (Å²) >= 11 is 0. The maximum absolute atomic E-state index is 13.0. The smallest absolute Gasteiger partial charge is 0.261 e. The highest BCUT2D eigenvalue weighted by molar-refractivity contribution is 5.87. The predicted molar refractivity (Wildman–Crippen MR) is 120 cm³/mol. The fourth-order valence-corrected chi connectivity index (χ4v) is 3.18. The Balaban J connectivity index is 2.09. The number of ether oxygens (including phenoxy) is 1. The van der Waals surface area contributed by atoms with Crippen molar-refractivity contribution in [3.63, 3.8) is 0 Å². The van der Waals surface area contributed by atoms with Gasteiger partial charge in [-0.3, -0.25) is 9.59 Å². The molecule has 2 rings (SSSR count). The van der Waals surface area contributed by atoms with Gasteiger partial charge in [-0.1, -0.05) is 62.2 Å². The van der Waals surface area contributed by atoms with Crippen LogP contribution in [0.2, 0.25) is 0 Å². The molecule has 0 saturated heterocycles. The minimum atomic E-state index is -0.582. The molecule has 0 aliphatic heterocycles. The molecule has 0 bridgehead atoms. The van der Waals surface area contributed by atoms with Crippen LogP contribution in [0, 0.1) is 6.92 Å². The highest BCUT2D eigenvalue weighted by Crippen LogP contribution is 2.15. The molecule has 1 atom stereocenters. The molecule has 2 amide bonds. The van der Waals surface area contributed by atoms with Crippen LogP contribution < -0.4 is 10.1 Å². The van der Waals surface area contributed by atoms with Gasteiger partial charge in [0.2, 0.25) is 5.91 Å². The monoisotopic (exact) mass is 410 g/mol. The van der Waals surface area contributed by atoms with Crippen molar-refractivity contribution in [2.75, 3.05) is 13.2 Å². The van der Waals surface area contributed by atoms with E-state index in [1.807, 2.05) is 55.5 Å². The van der Waals surface area contributed by atoms with Crippen molar-refractivity contribution in [2.45, 2.75) is 59.5 Å². The zero-order chi connectivity index (χ0) is 21.9. The van der Waals surface area contributed by atoms with Gasteiger partial charge in [-0.2, -0.15) is 0 Å². The van der Waals surface area contributed by atoms with Gasteiger partial charge >= 0.3 is 0 Å². The van der Waals surface area contributed by atoms with E-state index in [0.29, 0.717) is 18.8 Å². The summed E-state index contributed by atoms with van der Waals surface area (Å²) in [6.45, 7) is 8.82. The van der Waals surface area contributed by atoms with Crippen LogP contribution in [0.25, 0.3) is 0 Å². The standard InChI is InChI=1S/C25H34N2O3/c1-5-7-15-26-25(29)20(4)27(17-22-10-8-9-19(3)16-22)24(28)18-30-23-13-11-21(6-2)12-14-23/h8-14,16,20H,5-7,15,17-18H2,1-4H3,(H,26,29)/t20-/m0/s1. The maximum atomic E-state index is 13.0. The average molecular weight is 411 g/mol. The van der Waals surface area contributed by atoms with Crippen molar-refractivity contribution in [1.29, 1.82) is 0 Å². The van der Waals surface area contributed by atoms with Gasteiger partial charge in [0.15, 0.2) is 6.61 Å². The Morgan fingerprint density at radius 2 is 1.80 bits per heavy atom. The van der Waals surface area contributed by atoms with Crippen LogP contribution in [0.3, 0.4) is 0 Å². The minimum Gasteiger partial charge on any atom is -0.484 e. The number of benzene rings is 2. The Morgan fingerprint density at radius 3 is 2.43 bits per heavy atom. The molecule has 2 aromatic rings. The van der Waals surface area contributed by atoms with Crippen LogP contribution in [0.5, 0.6) is 5.75 Å². The predicted octanol–water partition coefficient (Wildman–Crippen LogP) is 4.27. The van der Waals surface area contributed by atoms with Crippen molar-refractivity contribution in [3.05, 3.63) is 65.2 Å². The lowest BCUT2D eigenvalue weighted by Crippen LogP contribution is -2.49. The highest BCUT2D eigenvalue weighted by Gasteiger charge is 2.26. The Morgan fingerprint density at radius 1 is 1.07 bits per heavy atom. The summed E-state index contributed by atoms with van der Waals surface area (Å²) in [4.78, 5) is 27.2. The van der Waals surface area contributed by atoms with E-state index < -0.39 is 6.04 Å². The highest BCUT2D eigenvalue weighted by atomic mass is 16.5. The third kappa shape index (κ3) is 7.21. The molecule has 0 heterocycles. The molecule has 0 aliphatic carbocycles. The van der Waals surface area contributed by atoms with Crippen molar-refractivity contribution in [1.82, 2.24) is 10.2 Å². The van der Waals surface area contributed by atoms with Crippen LogP contribution in [0.4, 0.5) is 0 Å². The molecule has 0 saturated carbocycles. The molecule has 5 nitrogen and oxygen atoms in total. The molecule has 0 unspecified atom stereocenters. The fraction of sp³-hybridized carbons (Fsp3) is 0.440. The third-order valence-corrected chi connectivity index (χ3v) is 5.13. The summed E-state index contributed by atoms with van der Waals surface area (Å²) < 4.78 is 5.72. The topological polar surface area (TPSA) is 58.6 Å². The Bertz CT molecular complexity index is 817. The lowest BCUT2D eigenvalue weighted by Gasteiger charge is -2.29. The lowest BCUT2D eigenvalue weighted by atomic mass is 10.1. The van der Waals surface area contributed by atoms with Gasteiger partial charge in [0.25, 0.3) is 5.91 Å². The van der Waals surface area contributed by atoms with E-state index in [9.17, 15) is 9.59 Å². The molecule has 0 fully saturated rings. The number of hydrogen-bond donors (Lipinski definition) is 1. The van der Waals surface area contributed by atoms with Gasteiger partial charge < -0.3 is 15.0 Å². The normalized spacial score (nSPS) is 11.6. The Hall–Kier alpha value is -2.82. The molecule has 162 valence electrons. The summed E-state index contributed by atoms with van der Waals surface area (Å²) in [6, 6.07) is 15.1. The number of hydrogen-bond acceptors (Lipinski definition) is 3. The second kappa shape index (κ2) is 12.0. The van der Waals surface area contributed by atoms with E-state index in [2.05, 4.69) is 19.2 Å². The van der Waals surface area contributed by atoms with Crippen molar-refractivity contribution in [2.24, 2.45) is 0 Å². The summed E-state index contributed by atoms with van der Waals surface area (Å²) in [5, 5.41) is 2.93. The average Bonchev–Trinajstić information content (AvgIpc) is 2.75. The quantitative estimate of drug-likeness (QED) is 0.563. The van der Waals surface area contributed by atoms with Crippen molar-refractivity contribution >= 4 is 11.8 Å². The van der Waals surface area contributed by atoms with Crippen LogP contribution in [0.15, 0.2) is 48.5 Å². The van der Waals surface area contributed by atoms with Gasteiger partial charge in [-0.05, 0) is 49.9 Å². The number of rotatable bonds is 11. The Labute approximate surface area is 180 Å². The fourth-order valence-electron chi connectivity index (χ4n) is 3.18. The van der Waals surface area contributed by atoms with Crippen molar-refractivity contribution in [3.8, 4) is 5.75 Å². The first-order valence-corrected chi connectivity index (χ1v) is 10.8. The number of unbranched alkanes of at least 4 members (excludes halogenated alkanes) is 1. The first-order chi connectivity index (χ1) is 14.4. The van der Waals surface area contributed by atoms with Gasteiger partial charge in [0.05, 0.1) is 0 Å². The first kappa shape index (κ1) is 23.5. The minimum absolute atomic E-state index is 0.107. The van der Waals surface area contributed by atoms with E-state index in [-0.39, 0.29) is 18.4 Å². The molecular weight excluding hydrogens is 376 g/mol. The SMILES string of the molecule is CCCCNC(=O)[C@H](C)N(Cc1cccc(C)c1)C(=O)COc1ccc(CC)cc1. The van der Waals surface area contributed by atoms with E-state index in [1.165, 1.54) is 5.56 Å². The largest absolute Gasteiger partial charge is 0.484 e. The van der Waals surface area contributed by atoms with E-state index in [1.54, 1.807) is 11.8 Å². The summed E-state index contributed by atoms with van der Waals surface area (Å²) in [5.41, 5.74) is 3.32. The van der Waals surface area contributed by atoms with E-state index in [4.69, 9.17) is 4.74 Å². The molecule has 0 aromatic heterocycles. The molecule has 0 radical (unpaired) electrons. The number of nitrogens with one attached hydrogen (secondary N) is 1. The molecule has 5 heteroatoms. The second-order valence-electron chi connectivity index (χ2n) is 7.62. The van der Waals surface area contributed by atoms with Crippen LogP contribution >= 0.6 is 0 Å². The lowest BCUT2D eigenvalue weighted by molar-refractivity contribution is -0.142. The number of amides is 2. The van der Waals surface area contributed by atoms with Gasteiger partial charge in [0, 0.05) is 13.1 Å². The van der Waals surface area contributed by atoms with Gasteiger partial charge in [-0.15, -0.1) is 0 Å². The molecule has 1 N–H and O–H groups in total. The number of carbonyl (C=O) groups is 2. The summed E-state index contributed by atoms with van der Waals surface area (Å²) in [5.74, 6) is 0.294. The maximum Gasteiger partial charge on any atom is 0.261 e. The number of carbonyl (C=O) groups excluding carboxylic acids is 2. The summed E-state index contributed by atoms with van der Waals surface area (Å²) in [7, 11) is 0. The molecule has 0 spiro atoms. The molecule has 30 heavy (non-hydrogen) atoms. The first-order valence-electron chi connectivity index (χ1n) is 10.8. The van der Waals surface area contributed by atoms with Crippen LogP contribution in [-0.4, -0.2) is 35.9 Å². The van der Waals surface area contributed by atoms with Crippen LogP contribution in [0.1, 0.15) is 50.3 Å². The zero-order valence-electron chi connectivity index (χ0n) is 18.6. The second-order valence-corrected chi connectivity index (χ2v) is 7.62. The molecule has 2 aromatic carbocycles. The molecular formula is C25H34N2O3. The van der Waals surface area contributed by atoms with E-state index in [0.717, 1.165) is 30.4 Å². The summed E-state index contributed by atoms with van der Waals surface area (Å²) in [6.07, 6.45) is 2.88. The third-order valence-electron chi connectivity index (χ3n) is 5.13. The van der Waals surface area contributed by atoms with Gasteiger partial charge in [-0.25, -0.2) is 0 Å². The number of nitrogens with zero attached hydrogens (tertiary/aromatic N) is 1. The van der Waals surface area contributed by atoms with Gasteiger partial charge in [0.1, 0.15) is 11.8 Å². The van der Waals surface area contributed by atoms with Crippen LogP contribution in [-0.2, 0) is 22.6 Å². The van der Waals surface area contributed by atoms with E-state index >= 15 is 0 Å². The Kier molecular flexibility index (Phi) is 9.39. The number of aryl methyl sites for hydroxylation is 2. The zero-order valence-corrected chi connectivity index (χ0v) is 18.6.